The van der Waals surface area contributed by atoms with Crippen LogP contribution in [0.4, 0.5) is 16.3 Å². The molecule has 0 bridgehead atoms. The summed E-state index contributed by atoms with van der Waals surface area (Å²) in [5.41, 5.74) is 3.54. The quantitative estimate of drug-likeness (QED) is 0.578. The van der Waals surface area contributed by atoms with Gasteiger partial charge in [0.05, 0.1) is 24.1 Å². The Morgan fingerprint density at radius 1 is 1.11 bits per heavy atom. The molecule has 10 heteroatoms. The summed E-state index contributed by atoms with van der Waals surface area (Å²) < 4.78 is 1.59. The highest BCUT2D eigenvalue weighted by molar-refractivity contribution is 5.89. The van der Waals surface area contributed by atoms with Gasteiger partial charge in [0, 0.05) is 43.3 Å². The largest absolute Gasteiger partial charge is 0.465 e. The van der Waals surface area contributed by atoms with Crippen LogP contribution in [0.25, 0.3) is 11.1 Å². The molecular formula is C25H31N7O3. The van der Waals surface area contributed by atoms with Gasteiger partial charge < -0.3 is 20.2 Å². The van der Waals surface area contributed by atoms with Crippen molar-refractivity contribution in [3.63, 3.8) is 0 Å². The van der Waals surface area contributed by atoms with Crippen molar-refractivity contribution >= 4 is 23.5 Å². The number of aryl methyl sites for hydroxylation is 1. The van der Waals surface area contributed by atoms with Crippen LogP contribution >= 0.6 is 0 Å². The third-order valence-corrected chi connectivity index (χ3v) is 6.18. The first-order valence-corrected chi connectivity index (χ1v) is 11.6. The normalized spacial score (nSPS) is 16.3. The molecule has 0 radical (unpaired) electrons. The molecule has 3 aromatic heterocycles. The lowest BCUT2D eigenvalue weighted by Crippen LogP contribution is -2.59. The van der Waals surface area contributed by atoms with Crippen molar-refractivity contribution in [2.24, 2.45) is 5.41 Å². The molecule has 184 valence electrons. The molecule has 0 aliphatic carbocycles. The highest BCUT2D eigenvalue weighted by atomic mass is 16.4. The second-order valence-corrected chi connectivity index (χ2v) is 9.87. The number of amides is 2. The maximum Gasteiger partial charge on any atom is 0.407 e. The van der Waals surface area contributed by atoms with Crippen LogP contribution < -0.4 is 10.2 Å². The molecule has 1 aliphatic rings. The molecule has 3 aromatic rings. The van der Waals surface area contributed by atoms with E-state index in [0.29, 0.717) is 25.5 Å². The molecule has 35 heavy (non-hydrogen) atoms. The minimum Gasteiger partial charge on any atom is -0.465 e. The van der Waals surface area contributed by atoms with Crippen molar-refractivity contribution < 1.29 is 14.7 Å². The molecule has 0 aromatic carbocycles. The number of carbonyl (C=O) groups excluding carboxylic acids is 1. The molecule has 4 rings (SSSR count). The summed E-state index contributed by atoms with van der Waals surface area (Å²) >= 11 is 0. The van der Waals surface area contributed by atoms with Crippen molar-refractivity contribution in [2.45, 2.75) is 40.3 Å². The monoisotopic (exact) mass is 477 g/mol. The second-order valence-electron chi connectivity index (χ2n) is 9.87. The number of carboxylic acid groups (broad SMARTS) is 1. The van der Waals surface area contributed by atoms with Gasteiger partial charge >= 0.3 is 6.09 Å². The third kappa shape index (κ3) is 5.76. The first kappa shape index (κ1) is 24.2. The number of hydrogen-bond donors (Lipinski definition) is 2. The van der Waals surface area contributed by atoms with E-state index in [4.69, 9.17) is 0 Å². The average Bonchev–Trinajstić information content (AvgIpc) is 3.27. The minimum atomic E-state index is -0.888. The summed E-state index contributed by atoms with van der Waals surface area (Å²) in [5.74, 6) is 0.223. The van der Waals surface area contributed by atoms with Gasteiger partial charge in [-0.2, -0.15) is 5.10 Å². The van der Waals surface area contributed by atoms with E-state index in [-0.39, 0.29) is 23.9 Å². The van der Waals surface area contributed by atoms with Crippen LogP contribution in [0.3, 0.4) is 0 Å². The number of nitrogens with one attached hydrogen (secondary N) is 1. The number of nitrogens with zero attached hydrogens (tertiary/aromatic N) is 6. The Morgan fingerprint density at radius 3 is 2.57 bits per heavy atom. The Kier molecular flexibility index (Phi) is 6.72. The number of carbonyl (C=O) groups is 2. The molecular weight excluding hydrogens is 446 g/mol. The van der Waals surface area contributed by atoms with Crippen molar-refractivity contribution in [2.75, 3.05) is 29.9 Å². The Morgan fingerprint density at radius 2 is 1.91 bits per heavy atom. The lowest BCUT2D eigenvalue weighted by Gasteiger charge is -2.46. The van der Waals surface area contributed by atoms with Gasteiger partial charge in [-0.15, -0.1) is 0 Å². The summed E-state index contributed by atoms with van der Waals surface area (Å²) in [6, 6.07) is 7.40. The Hall–Kier alpha value is -3.95. The summed E-state index contributed by atoms with van der Waals surface area (Å²) in [6.45, 7) is 9.75. The Balaban J connectivity index is 1.36. The predicted molar refractivity (Wildman–Crippen MR) is 133 cm³/mol. The van der Waals surface area contributed by atoms with Gasteiger partial charge in [0.25, 0.3) is 0 Å². The van der Waals surface area contributed by atoms with Crippen molar-refractivity contribution in [3.8, 4) is 11.1 Å². The van der Waals surface area contributed by atoms with E-state index in [1.165, 1.54) is 4.90 Å². The van der Waals surface area contributed by atoms with E-state index in [1.807, 2.05) is 31.3 Å². The van der Waals surface area contributed by atoms with E-state index < -0.39 is 6.09 Å². The number of anilines is 2. The van der Waals surface area contributed by atoms with Crippen LogP contribution in [0, 0.1) is 12.3 Å². The van der Waals surface area contributed by atoms with Crippen LogP contribution in [-0.4, -0.2) is 67.4 Å². The average molecular weight is 478 g/mol. The smallest absolute Gasteiger partial charge is 0.407 e. The third-order valence-electron chi connectivity index (χ3n) is 6.18. The van der Waals surface area contributed by atoms with Gasteiger partial charge in [-0.05, 0) is 42.2 Å². The van der Waals surface area contributed by atoms with Gasteiger partial charge in [-0.25, -0.2) is 9.78 Å². The molecule has 1 aliphatic heterocycles. The number of aromatic nitrogens is 4. The fourth-order valence-corrected chi connectivity index (χ4v) is 4.29. The van der Waals surface area contributed by atoms with Crippen molar-refractivity contribution in [1.82, 2.24) is 24.6 Å². The van der Waals surface area contributed by atoms with E-state index in [0.717, 1.165) is 22.5 Å². The van der Waals surface area contributed by atoms with Gasteiger partial charge in [0.15, 0.2) is 0 Å². The zero-order chi connectivity index (χ0) is 25.2. The molecule has 0 spiro atoms. The molecule has 1 fully saturated rings. The number of piperazine rings is 1. The fraction of sp³-hybridized carbons (Fsp3) is 0.400. The van der Waals surface area contributed by atoms with Crippen molar-refractivity contribution in [3.05, 3.63) is 54.7 Å². The van der Waals surface area contributed by atoms with E-state index in [2.05, 4.69) is 46.1 Å². The van der Waals surface area contributed by atoms with Crippen LogP contribution in [0.1, 0.15) is 26.5 Å². The van der Waals surface area contributed by atoms with Crippen LogP contribution in [0.2, 0.25) is 0 Å². The molecule has 1 unspecified atom stereocenters. The Labute approximate surface area is 204 Å². The first-order chi connectivity index (χ1) is 16.6. The van der Waals surface area contributed by atoms with Gasteiger partial charge in [0.1, 0.15) is 12.4 Å². The number of pyridine rings is 2. The summed E-state index contributed by atoms with van der Waals surface area (Å²) in [7, 11) is 0. The summed E-state index contributed by atoms with van der Waals surface area (Å²) in [6.07, 6.45) is 6.13. The zero-order valence-electron chi connectivity index (χ0n) is 20.5. The maximum atomic E-state index is 12.5. The van der Waals surface area contributed by atoms with E-state index >= 15 is 0 Å². The second kappa shape index (κ2) is 9.73. The topological polar surface area (TPSA) is 116 Å². The molecule has 1 saturated heterocycles. The molecule has 2 amide bonds. The number of hydrogen-bond acceptors (Lipinski definition) is 6. The van der Waals surface area contributed by atoms with Crippen LogP contribution in [0.5, 0.6) is 0 Å². The van der Waals surface area contributed by atoms with E-state index in [9.17, 15) is 14.7 Å². The van der Waals surface area contributed by atoms with Crippen LogP contribution in [0.15, 0.2) is 49.1 Å². The minimum absolute atomic E-state index is 0.0674. The Bertz CT molecular complexity index is 1200. The molecule has 0 saturated carbocycles. The maximum absolute atomic E-state index is 12.5. The molecule has 2 N–H and O–H groups in total. The van der Waals surface area contributed by atoms with Crippen LogP contribution in [-0.2, 0) is 11.3 Å². The predicted octanol–water partition coefficient (Wildman–Crippen LogP) is 3.50. The standard InChI is InChI=1S/C25H31N7O3/c1-17-11-18(7-8-26-17)19-12-28-31(14-19)16-23(33)29-22-6-5-20(13-27-22)30-9-10-32(24(34)35)21(15-30)25(2,3)4/h5-8,11-14,21H,9-10,15-16H2,1-4H3,(H,34,35)(H,27,29,33). The number of rotatable bonds is 5. The SMILES string of the molecule is Cc1cc(-c2cnn(CC(=O)Nc3ccc(N4CCN(C(=O)O)C(C(C)(C)C)C4)cn3)c2)ccn1. The lowest BCUT2D eigenvalue weighted by atomic mass is 9.84. The molecule has 4 heterocycles. The zero-order valence-corrected chi connectivity index (χ0v) is 20.5. The molecule has 10 nitrogen and oxygen atoms in total. The highest BCUT2D eigenvalue weighted by Crippen LogP contribution is 2.30. The first-order valence-electron chi connectivity index (χ1n) is 11.6. The molecule has 1 atom stereocenters. The lowest BCUT2D eigenvalue weighted by molar-refractivity contribution is -0.116. The van der Waals surface area contributed by atoms with Gasteiger partial charge in [0.2, 0.25) is 5.91 Å². The van der Waals surface area contributed by atoms with Gasteiger partial charge in [-0.1, -0.05) is 20.8 Å². The fourth-order valence-electron chi connectivity index (χ4n) is 4.29. The van der Waals surface area contributed by atoms with Crippen molar-refractivity contribution in [1.29, 1.82) is 0 Å². The highest BCUT2D eigenvalue weighted by Gasteiger charge is 2.38. The van der Waals surface area contributed by atoms with E-state index in [1.54, 1.807) is 29.3 Å². The summed E-state index contributed by atoms with van der Waals surface area (Å²) in [4.78, 5) is 36.5. The van der Waals surface area contributed by atoms with Gasteiger partial charge in [-0.3, -0.25) is 14.5 Å². The summed E-state index contributed by atoms with van der Waals surface area (Å²) in [5, 5.41) is 16.7.